The number of halogens is 1. The van der Waals surface area contributed by atoms with Crippen LogP contribution in [0.4, 0.5) is 4.39 Å². The summed E-state index contributed by atoms with van der Waals surface area (Å²) in [7, 11) is -3.22. The number of nitrogens with one attached hydrogen (secondary N) is 1. The molecule has 1 heterocycles. The Morgan fingerprint density at radius 3 is 2.68 bits per heavy atom. The molecule has 0 radical (unpaired) electrons. The van der Waals surface area contributed by atoms with Crippen LogP contribution in [0.15, 0.2) is 18.2 Å². The standard InChI is InChI=1S/C19H30FNO3S/c1-5-7-8-9-18(25(22,23)6-2)21-17-13-14-12-15(20)10-11-16(14)24-19(17,3)4/h10-12,17-18,21H,5-9,13H2,1-4H3. The minimum Gasteiger partial charge on any atom is -0.486 e. The Kier molecular flexibility index (Phi) is 6.49. The van der Waals surface area contributed by atoms with Crippen LogP contribution >= 0.6 is 0 Å². The summed E-state index contributed by atoms with van der Waals surface area (Å²) in [5.74, 6) is 0.475. The molecule has 0 bridgehead atoms. The van der Waals surface area contributed by atoms with Gasteiger partial charge in [-0.3, -0.25) is 5.32 Å². The highest BCUT2D eigenvalue weighted by atomic mass is 32.2. The monoisotopic (exact) mass is 371 g/mol. The second-order valence-electron chi connectivity index (χ2n) is 7.32. The van der Waals surface area contributed by atoms with Crippen molar-refractivity contribution in [2.75, 3.05) is 5.75 Å². The zero-order valence-corrected chi connectivity index (χ0v) is 16.5. The molecule has 2 unspecified atom stereocenters. The lowest BCUT2D eigenvalue weighted by molar-refractivity contribution is 0.0462. The lowest BCUT2D eigenvalue weighted by Crippen LogP contribution is -2.58. The van der Waals surface area contributed by atoms with Gasteiger partial charge in [-0.15, -0.1) is 0 Å². The van der Waals surface area contributed by atoms with E-state index in [-0.39, 0.29) is 17.6 Å². The van der Waals surface area contributed by atoms with E-state index in [9.17, 15) is 12.8 Å². The minimum absolute atomic E-state index is 0.107. The predicted molar refractivity (Wildman–Crippen MR) is 99.1 cm³/mol. The van der Waals surface area contributed by atoms with Crippen molar-refractivity contribution in [1.82, 2.24) is 5.32 Å². The molecule has 0 saturated heterocycles. The fourth-order valence-corrected chi connectivity index (χ4v) is 4.56. The highest BCUT2D eigenvalue weighted by Crippen LogP contribution is 2.34. The molecule has 0 amide bonds. The van der Waals surface area contributed by atoms with Gasteiger partial charge >= 0.3 is 0 Å². The molecule has 0 aliphatic carbocycles. The molecule has 1 aliphatic heterocycles. The van der Waals surface area contributed by atoms with E-state index < -0.39 is 20.8 Å². The molecule has 1 aliphatic rings. The molecule has 25 heavy (non-hydrogen) atoms. The third-order valence-corrected chi connectivity index (χ3v) is 7.00. The molecule has 6 heteroatoms. The van der Waals surface area contributed by atoms with Crippen molar-refractivity contribution in [1.29, 1.82) is 0 Å². The van der Waals surface area contributed by atoms with E-state index in [1.165, 1.54) is 12.1 Å². The zero-order valence-electron chi connectivity index (χ0n) is 15.6. The molecule has 4 nitrogen and oxygen atoms in total. The van der Waals surface area contributed by atoms with E-state index in [1.807, 2.05) is 13.8 Å². The van der Waals surface area contributed by atoms with Gasteiger partial charge in [0.1, 0.15) is 22.5 Å². The van der Waals surface area contributed by atoms with Crippen LogP contribution in [-0.4, -0.2) is 31.2 Å². The quantitative estimate of drug-likeness (QED) is 0.706. The predicted octanol–water partition coefficient (Wildman–Crippen LogP) is 3.84. The van der Waals surface area contributed by atoms with Gasteiger partial charge in [0, 0.05) is 5.75 Å². The summed E-state index contributed by atoms with van der Waals surface area (Å²) in [4.78, 5) is 0. The molecule has 0 spiro atoms. The Bertz CT molecular complexity index is 688. The molecular formula is C19H30FNO3S. The average Bonchev–Trinajstić information content (AvgIpc) is 2.54. The summed E-state index contributed by atoms with van der Waals surface area (Å²) < 4.78 is 44.6. The maximum atomic E-state index is 13.6. The molecule has 0 aromatic heterocycles. The van der Waals surface area contributed by atoms with Gasteiger partial charge in [0.2, 0.25) is 0 Å². The normalized spacial score (nSPS) is 20.6. The smallest absolute Gasteiger partial charge is 0.165 e. The molecular weight excluding hydrogens is 341 g/mol. The minimum atomic E-state index is -3.22. The topological polar surface area (TPSA) is 55.4 Å². The van der Waals surface area contributed by atoms with Gasteiger partial charge in [0.15, 0.2) is 9.84 Å². The number of hydrogen-bond donors (Lipinski definition) is 1. The largest absolute Gasteiger partial charge is 0.486 e. The first kappa shape index (κ1) is 20.2. The molecule has 1 N–H and O–H groups in total. The fraction of sp³-hybridized carbons (Fsp3) is 0.684. The van der Waals surface area contributed by atoms with Crippen LogP contribution < -0.4 is 10.1 Å². The maximum Gasteiger partial charge on any atom is 0.165 e. The van der Waals surface area contributed by atoms with Gasteiger partial charge in [-0.05, 0) is 50.5 Å². The average molecular weight is 372 g/mol. The van der Waals surface area contributed by atoms with Crippen LogP contribution in [0, 0.1) is 5.82 Å². The lowest BCUT2D eigenvalue weighted by Gasteiger charge is -2.42. The second kappa shape index (κ2) is 8.04. The molecule has 0 saturated carbocycles. The van der Waals surface area contributed by atoms with E-state index in [0.717, 1.165) is 24.8 Å². The van der Waals surface area contributed by atoms with Crippen molar-refractivity contribution in [3.05, 3.63) is 29.6 Å². The summed E-state index contributed by atoms with van der Waals surface area (Å²) in [6, 6.07) is 4.30. The number of sulfone groups is 1. The third kappa shape index (κ3) is 4.94. The first-order chi connectivity index (χ1) is 11.7. The Morgan fingerprint density at radius 1 is 1.32 bits per heavy atom. The van der Waals surface area contributed by atoms with E-state index in [1.54, 1.807) is 13.0 Å². The van der Waals surface area contributed by atoms with Gasteiger partial charge in [0.05, 0.1) is 6.04 Å². The summed E-state index contributed by atoms with van der Waals surface area (Å²) in [6.45, 7) is 7.66. The summed E-state index contributed by atoms with van der Waals surface area (Å²) in [5, 5.41) is 2.73. The van der Waals surface area contributed by atoms with Gasteiger partial charge in [-0.1, -0.05) is 33.1 Å². The number of rotatable bonds is 8. The highest BCUT2D eigenvalue weighted by Gasteiger charge is 2.39. The van der Waals surface area contributed by atoms with Crippen molar-refractivity contribution < 1.29 is 17.5 Å². The van der Waals surface area contributed by atoms with Crippen LogP contribution in [0.25, 0.3) is 0 Å². The van der Waals surface area contributed by atoms with E-state index >= 15 is 0 Å². The number of hydrogen-bond acceptors (Lipinski definition) is 4. The molecule has 0 fully saturated rings. The highest BCUT2D eigenvalue weighted by molar-refractivity contribution is 7.91. The third-order valence-electron chi connectivity index (χ3n) is 4.95. The van der Waals surface area contributed by atoms with Crippen molar-refractivity contribution in [2.45, 2.75) is 76.8 Å². The van der Waals surface area contributed by atoms with Crippen molar-refractivity contribution in [3.63, 3.8) is 0 Å². The Labute approximate surface area is 151 Å². The number of benzene rings is 1. The first-order valence-corrected chi connectivity index (χ1v) is 10.9. The van der Waals surface area contributed by atoms with E-state index in [4.69, 9.17) is 4.74 Å². The van der Waals surface area contributed by atoms with Crippen LogP contribution in [0.2, 0.25) is 0 Å². The second-order valence-corrected chi connectivity index (χ2v) is 9.79. The molecule has 1 aromatic carbocycles. The van der Waals surface area contributed by atoms with Crippen LogP contribution in [0.1, 0.15) is 58.9 Å². The summed E-state index contributed by atoms with van der Waals surface area (Å²) in [6.07, 6.45) is 4.06. The Morgan fingerprint density at radius 2 is 2.04 bits per heavy atom. The van der Waals surface area contributed by atoms with Crippen molar-refractivity contribution >= 4 is 9.84 Å². The molecule has 2 rings (SSSR count). The van der Waals surface area contributed by atoms with Crippen molar-refractivity contribution in [3.8, 4) is 5.75 Å². The summed E-state index contributed by atoms with van der Waals surface area (Å²) >= 11 is 0. The van der Waals surface area contributed by atoms with Crippen molar-refractivity contribution in [2.24, 2.45) is 0 Å². The molecule has 2 atom stereocenters. The van der Waals surface area contributed by atoms with Crippen LogP contribution in [0.3, 0.4) is 0 Å². The Hall–Kier alpha value is -1.14. The fourth-order valence-electron chi connectivity index (χ4n) is 3.26. The van der Waals surface area contributed by atoms with Crippen LogP contribution in [-0.2, 0) is 16.3 Å². The number of fused-ring (bicyclic) bond motifs is 1. The van der Waals surface area contributed by atoms with Gasteiger partial charge in [0.25, 0.3) is 0 Å². The van der Waals surface area contributed by atoms with E-state index in [2.05, 4.69) is 12.2 Å². The lowest BCUT2D eigenvalue weighted by atomic mass is 9.88. The maximum absolute atomic E-state index is 13.6. The molecule has 1 aromatic rings. The van der Waals surface area contributed by atoms with Gasteiger partial charge in [-0.2, -0.15) is 0 Å². The summed E-state index contributed by atoms with van der Waals surface area (Å²) in [5.41, 5.74) is 0.204. The van der Waals surface area contributed by atoms with Gasteiger partial charge < -0.3 is 4.74 Å². The first-order valence-electron chi connectivity index (χ1n) is 9.14. The zero-order chi connectivity index (χ0) is 18.7. The Balaban J connectivity index is 2.22. The number of unbranched alkanes of at least 4 members (excludes halogenated alkanes) is 2. The molecule has 142 valence electrons. The van der Waals surface area contributed by atoms with Gasteiger partial charge in [-0.25, -0.2) is 12.8 Å². The van der Waals surface area contributed by atoms with Crippen LogP contribution in [0.5, 0.6) is 5.75 Å². The number of ether oxygens (including phenoxy) is 1. The SMILES string of the molecule is CCCCCC(NC1Cc2cc(F)ccc2OC1(C)C)S(=O)(=O)CC. The van der Waals surface area contributed by atoms with E-state index in [0.29, 0.717) is 18.6 Å².